The van der Waals surface area contributed by atoms with Crippen LogP contribution in [-0.4, -0.2) is 19.2 Å². The molecule has 7 heteroatoms. The molecule has 5 nitrogen and oxygen atoms in total. The molecule has 0 N–H and O–H groups in total. The van der Waals surface area contributed by atoms with Gasteiger partial charge in [0.1, 0.15) is 11.5 Å². The summed E-state index contributed by atoms with van der Waals surface area (Å²) in [6, 6.07) is 6.39. The van der Waals surface area contributed by atoms with Gasteiger partial charge >= 0.3 is 11.6 Å². The smallest absolute Gasteiger partial charge is 0.348 e. The van der Waals surface area contributed by atoms with Gasteiger partial charge in [0.2, 0.25) is 6.10 Å². The molecule has 2 heterocycles. The molecule has 1 aliphatic heterocycles. The molecule has 23 heavy (non-hydrogen) atoms. The predicted molar refractivity (Wildman–Crippen MR) is 84.5 cm³/mol. The van der Waals surface area contributed by atoms with E-state index in [-0.39, 0.29) is 5.56 Å². The highest BCUT2D eigenvalue weighted by Crippen LogP contribution is 2.43. The summed E-state index contributed by atoms with van der Waals surface area (Å²) < 4.78 is 15.6. The van der Waals surface area contributed by atoms with Gasteiger partial charge in [-0.25, -0.2) is 9.59 Å². The van der Waals surface area contributed by atoms with E-state index >= 15 is 0 Å². The number of hydrogen-bond acceptors (Lipinski definition) is 5. The quantitative estimate of drug-likeness (QED) is 0.774. The molecular weight excluding hydrogens is 343 g/mol. The van der Waals surface area contributed by atoms with Gasteiger partial charge in [-0.05, 0) is 24.6 Å². The summed E-state index contributed by atoms with van der Waals surface area (Å²) in [4.78, 5) is 24.4. The van der Waals surface area contributed by atoms with Crippen molar-refractivity contribution in [3.05, 3.63) is 61.6 Å². The summed E-state index contributed by atoms with van der Waals surface area (Å²) in [7, 11) is 1.25. The van der Waals surface area contributed by atoms with Gasteiger partial charge in [-0.2, -0.15) is 0 Å². The molecular formula is C16H12Cl2O5. The van der Waals surface area contributed by atoms with Crippen LogP contribution in [0.2, 0.25) is 10.0 Å². The first-order chi connectivity index (χ1) is 10.9. The lowest BCUT2D eigenvalue weighted by Gasteiger charge is -2.18. The van der Waals surface area contributed by atoms with E-state index in [2.05, 4.69) is 0 Å². The van der Waals surface area contributed by atoms with Crippen LogP contribution in [0.25, 0.3) is 0 Å². The second-order valence-corrected chi connectivity index (χ2v) is 5.97. The number of benzene rings is 1. The Kier molecular flexibility index (Phi) is 4.08. The summed E-state index contributed by atoms with van der Waals surface area (Å²) in [6.07, 6.45) is -1.02. The molecule has 0 unspecified atom stereocenters. The third-order valence-electron chi connectivity index (χ3n) is 3.67. The molecule has 2 atom stereocenters. The van der Waals surface area contributed by atoms with Crippen LogP contribution in [0.3, 0.4) is 0 Å². The molecule has 1 aliphatic rings. The predicted octanol–water partition coefficient (Wildman–Crippen LogP) is 3.32. The first kappa shape index (κ1) is 15.9. The third kappa shape index (κ3) is 2.71. The third-order valence-corrected chi connectivity index (χ3v) is 4.23. The minimum absolute atomic E-state index is 0.246. The van der Waals surface area contributed by atoms with Crippen molar-refractivity contribution in [2.24, 2.45) is 0 Å². The minimum Gasteiger partial charge on any atom is -0.477 e. The molecule has 0 aliphatic carbocycles. The summed E-state index contributed by atoms with van der Waals surface area (Å²) in [5, 5.41) is 0.774. The van der Waals surface area contributed by atoms with Gasteiger partial charge in [0.25, 0.3) is 0 Å². The number of methoxy groups -OCH3 is 1. The van der Waals surface area contributed by atoms with Crippen molar-refractivity contribution in [1.82, 2.24) is 0 Å². The fourth-order valence-corrected chi connectivity index (χ4v) is 3.23. The van der Waals surface area contributed by atoms with Gasteiger partial charge in [-0.1, -0.05) is 29.3 Å². The molecule has 0 saturated carbocycles. The SMILES string of the molecule is COC(=O)[C@H]1Oc2cc(C)oc(=O)c2[C@@H]1c1ccc(Cl)cc1Cl. The number of ether oxygens (including phenoxy) is 2. The Morgan fingerprint density at radius 3 is 2.65 bits per heavy atom. The molecule has 3 rings (SSSR count). The van der Waals surface area contributed by atoms with E-state index in [1.54, 1.807) is 31.2 Å². The van der Waals surface area contributed by atoms with Gasteiger partial charge in [-0.3, -0.25) is 0 Å². The number of hydrogen-bond donors (Lipinski definition) is 0. The standard InChI is InChI=1S/C16H12Cl2O5/c1-7-5-11-13(15(19)22-7)12(14(23-11)16(20)21-2)9-4-3-8(17)6-10(9)18/h3-6,12,14H,1-2H3/t12-,14-/m0/s1. The van der Waals surface area contributed by atoms with Crippen molar-refractivity contribution in [3.63, 3.8) is 0 Å². The van der Waals surface area contributed by atoms with Crippen molar-refractivity contribution in [1.29, 1.82) is 0 Å². The minimum atomic E-state index is -1.02. The fourth-order valence-electron chi connectivity index (χ4n) is 2.70. The molecule has 2 aromatic rings. The number of carbonyl (C=O) groups is 1. The summed E-state index contributed by atoms with van der Waals surface area (Å²) in [6.45, 7) is 1.63. The van der Waals surface area contributed by atoms with E-state index in [0.717, 1.165) is 0 Å². The van der Waals surface area contributed by atoms with Crippen molar-refractivity contribution in [2.75, 3.05) is 7.11 Å². The van der Waals surface area contributed by atoms with Gasteiger partial charge in [0, 0.05) is 16.1 Å². The lowest BCUT2D eigenvalue weighted by atomic mass is 9.89. The van der Waals surface area contributed by atoms with E-state index in [1.807, 2.05) is 0 Å². The number of carbonyl (C=O) groups excluding carboxylic acids is 1. The van der Waals surface area contributed by atoms with Gasteiger partial charge in [-0.15, -0.1) is 0 Å². The Balaban J connectivity index is 2.22. The summed E-state index contributed by atoms with van der Waals surface area (Å²) >= 11 is 12.2. The Bertz CT molecular complexity index is 843. The number of aryl methyl sites for hydroxylation is 1. The van der Waals surface area contributed by atoms with Crippen molar-refractivity contribution < 1.29 is 18.7 Å². The molecule has 120 valence electrons. The van der Waals surface area contributed by atoms with E-state index < -0.39 is 23.6 Å². The number of halogens is 2. The molecule has 0 fully saturated rings. The zero-order chi connectivity index (χ0) is 16.7. The highest BCUT2D eigenvalue weighted by atomic mass is 35.5. The molecule has 1 aromatic heterocycles. The van der Waals surface area contributed by atoms with Crippen molar-refractivity contribution in [2.45, 2.75) is 18.9 Å². The molecule has 0 spiro atoms. The Morgan fingerprint density at radius 1 is 1.26 bits per heavy atom. The van der Waals surface area contributed by atoms with Crippen LogP contribution in [0.1, 0.15) is 22.8 Å². The molecule has 0 bridgehead atoms. The largest absolute Gasteiger partial charge is 0.477 e. The average Bonchev–Trinajstić information content (AvgIpc) is 2.85. The monoisotopic (exact) mass is 354 g/mol. The van der Waals surface area contributed by atoms with E-state index in [4.69, 9.17) is 37.1 Å². The maximum atomic E-state index is 12.3. The summed E-state index contributed by atoms with van der Waals surface area (Å²) in [5.74, 6) is -0.640. The lowest BCUT2D eigenvalue weighted by Crippen LogP contribution is -2.32. The van der Waals surface area contributed by atoms with Crippen LogP contribution in [0.5, 0.6) is 5.75 Å². The fraction of sp³-hybridized carbons (Fsp3) is 0.250. The van der Waals surface area contributed by atoms with Crippen LogP contribution in [-0.2, 0) is 9.53 Å². The van der Waals surface area contributed by atoms with E-state index in [9.17, 15) is 9.59 Å². The Morgan fingerprint density at radius 2 is 2.00 bits per heavy atom. The topological polar surface area (TPSA) is 65.7 Å². The second-order valence-electron chi connectivity index (χ2n) is 5.13. The van der Waals surface area contributed by atoms with Gasteiger partial charge in [0.05, 0.1) is 18.6 Å². The number of fused-ring (bicyclic) bond motifs is 1. The van der Waals surface area contributed by atoms with Crippen molar-refractivity contribution >= 4 is 29.2 Å². The lowest BCUT2D eigenvalue weighted by molar-refractivity contribution is -0.148. The van der Waals surface area contributed by atoms with Crippen LogP contribution in [0.4, 0.5) is 0 Å². The first-order valence-electron chi connectivity index (χ1n) is 6.76. The molecule has 0 amide bonds. The first-order valence-corrected chi connectivity index (χ1v) is 7.52. The number of esters is 1. The van der Waals surface area contributed by atoms with Crippen LogP contribution in [0.15, 0.2) is 33.5 Å². The van der Waals surface area contributed by atoms with Gasteiger partial charge < -0.3 is 13.9 Å². The second kappa shape index (κ2) is 5.91. The van der Waals surface area contributed by atoms with E-state index in [1.165, 1.54) is 7.11 Å². The zero-order valence-electron chi connectivity index (χ0n) is 12.3. The highest BCUT2D eigenvalue weighted by Gasteiger charge is 2.44. The molecule has 0 saturated heterocycles. The maximum absolute atomic E-state index is 12.3. The van der Waals surface area contributed by atoms with E-state index in [0.29, 0.717) is 27.1 Å². The Labute approximate surface area is 141 Å². The van der Waals surface area contributed by atoms with Gasteiger partial charge in [0.15, 0.2) is 0 Å². The number of rotatable bonds is 2. The average molecular weight is 355 g/mol. The highest BCUT2D eigenvalue weighted by molar-refractivity contribution is 6.35. The van der Waals surface area contributed by atoms with Crippen LogP contribution < -0.4 is 10.4 Å². The van der Waals surface area contributed by atoms with Crippen LogP contribution >= 0.6 is 23.2 Å². The Hall–Kier alpha value is -1.98. The molecule has 1 aromatic carbocycles. The summed E-state index contributed by atoms with van der Waals surface area (Å²) in [5.41, 5.74) is 0.221. The normalized spacial score (nSPS) is 19.1. The maximum Gasteiger partial charge on any atom is 0.348 e. The molecule has 0 radical (unpaired) electrons. The van der Waals surface area contributed by atoms with Crippen molar-refractivity contribution in [3.8, 4) is 5.75 Å². The van der Waals surface area contributed by atoms with Crippen LogP contribution in [0, 0.1) is 6.92 Å². The zero-order valence-corrected chi connectivity index (χ0v) is 13.8.